The highest BCUT2D eigenvalue weighted by atomic mass is 79.9. The molecule has 0 atom stereocenters. The number of nitrogens with zero attached hydrogens (tertiary/aromatic N) is 1. The standard InChI is InChI=1S/C7H5BrF3N/c1-4-2-5(8)3-6(12-4)7(9,10)11/h2-3H,1H3/i1D3. The number of aromatic nitrogens is 1. The molecule has 0 aliphatic heterocycles. The third-order valence-corrected chi connectivity index (χ3v) is 1.54. The van der Waals surface area contributed by atoms with Crippen LogP contribution in [0, 0.1) is 6.85 Å². The number of alkyl halides is 3. The molecule has 0 aliphatic rings. The van der Waals surface area contributed by atoms with Crippen LogP contribution in [0.2, 0.25) is 0 Å². The molecule has 0 amide bonds. The van der Waals surface area contributed by atoms with Gasteiger partial charge in [0.05, 0.1) is 0 Å². The molecule has 0 aliphatic carbocycles. The van der Waals surface area contributed by atoms with Crippen molar-refractivity contribution >= 4 is 15.9 Å². The van der Waals surface area contributed by atoms with Crippen LogP contribution in [0.25, 0.3) is 0 Å². The summed E-state index contributed by atoms with van der Waals surface area (Å²) in [5.74, 6) is 0. The molecule has 0 spiro atoms. The van der Waals surface area contributed by atoms with Gasteiger partial charge < -0.3 is 0 Å². The minimum absolute atomic E-state index is 0.0379. The number of hydrogen-bond acceptors (Lipinski definition) is 1. The molecule has 1 rings (SSSR count). The van der Waals surface area contributed by atoms with Crippen LogP contribution in [0.15, 0.2) is 16.6 Å². The Kier molecular flexibility index (Phi) is 1.51. The number of halogens is 4. The van der Waals surface area contributed by atoms with Crippen molar-refractivity contribution in [2.24, 2.45) is 0 Å². The van der Waals surface area contributed by atoms with Crippen molar-refractivity contribution in [1.82, 2.24) is 4.98 Å². The Morgan fingerprint density at radius 2 is 2.17 bits per heavy atom. The molecule has 5 heteroatoms. The normalized spacial score (nSPS) is 16.5. The number of rotatable bonds is 0. The van der Waals surface area contributed by atoms with Crippen LogP contribution in [0.5, 0.6) is 0 Å². The molecule has 12 heavy (non-hydrogen) atoms. The highest BCUT2D eigenvalue weighted by Gasteiger charge is 2.32. The first-order valence-electron chi connectivity index (χ1n) is 4.36. The number of hydrogen-bond donors (Lipinski definition) is 0. The van der Waals surface area contributed by atoms with Crippen LogP contribution in [0.1, 0.15) is 15.5 Å². The van der Waals surface area contributed by atoms with E-state index in [1.165, 1.54) is 0 Å². The molecule has 1 nitrogen and oxygen atoms in total. The summed E-state index contributed by atoms with van der Waals surface area (Å²) >= 11 is 2.81. The van der Waals surface area contributed by atoms with Crippen molar-refractivity contribution in [3.8, 4) is 0 Å². The maximum absolute atomic E-state index is 12.3. The van der Waals surface area contributed by atoms with E-state index in [-0.39, 0.29) is 4.47 Å². The van der Waals surface area contributed by atoms with Crippen molar-refractivity contribution in [3.05, 3.63) is 28.0 Å². The molecular formula is C7H5BrF3N. The molecule has 1 heterocycles. The second-order valence-corrected chi connectivity index (χ2v) is 2.97. The molecule has 0 N–H and O–H groups in total. The van der Waals surface area contributed by atoms with Crippen molar-refractivity contribution < 1.29 is 17.3 Å². The first-order chi connectivity index (χ1) is 6.60. The number of aryl methyl sites for hydroxylation is 1. The van der Waals surface area contributed by atoms with Gasteiger partial charge in [-0.1, -0.05) is 15.9 Å². The SMILES string of the molecule is [2H]C([2H])([2H])c1cc(Br)cc(C(F)(F)F)n1. The van der Waals surface area contributed by atoms with E-state index in [1.807, 2.05) is 0 Å². The topological polar surface area (TPSA) is 12.9 Å². The second kappa shape index (κ2) is 3.05. The zero-order valence-electron chi connectivity index (χ0n) is 8.61. The van der Waals surface area contributed by atoms with E-state index >= 15 is 0 Å². The van der Waals surface area contributed by atoms with Crippen molar-refractivity contribution in [2.75, 3.05) is 0 Å². The van der Waals surface area contributed by atoms with E-state index in [0.717, 1.165) is 12.1 Å². The molecule has 66 valence electrons. The first kappa shape index (κ1) is 5.96. The quantitative estimate of drug-likeness (QED) is 0.681. The summed E-state index contributed by atoms with van der Waals surface area (Å²) in [5, 5.41) is 0. The Bertz CT molecular complexity index is 342. The predicted molar refractivity (Wildman–Crippen MR) is 41.7 cm³/mol. The molecule has 0 unspecified atom stereocenters. The highest BCUT2D eigenvalue weighted by Crippen LogP contribution is 2.29. The van der Waals surface area contributed by atoms with Crippen LogP contribution < -0.4 is 0 Å². The van der Waals surface area contributed by atoms with Gasteiger partial charge in [0.1, 0.15) is 5.69 Å². The summed E-state index contributed by atoms with van der Waals surface area (Å²) in [4.78, 5) is 3.06. The summed E-state index contributed by atoms with van der Waals surface area (Å²) in [6.07, 6.45) is -4.65. The van der Waals surface area contributed by atoms with Crippen molar-refractivity contribution in [3.63, 3.8) is 0 Å². The van der Waals surface area contributed by atoms with E-state index in [9.17, 15) is 13.2 Å². The Morgan fingerprint density at radius 3 is 2.67 bits per heavy atom. The van der Waals surface area contributed by atoms with Crippen LogP contribution in [0.4, 0.5) is 13.2 Å². The monoisotopic (exact) mass is 242 g/mol. The summed E-state index contributed by atoms with van der Waals surface area (Å²) in [6.45, 7) is -2.65. The van der Waals surface area contributed by atoms with Crippen LogP contribution in [-0.2, 0) is 6.18 Å². The van der Waals surface area contributed by atoms with Gasteiger partial charge in [-0.3, -0.25) is 0 Å². The molecule has 0 aromatic carbocycles. The van der Waals surface area contributed by atoms with Gasteiger partial charge in [0.15, 0.2) is 0 Å². The molecule has 1 aromatic heterocycles. The first-order valence-corrected chi connectivity index (χ1v) is 3.65. The van der Waals surface area contributed by atoms with Crippen LogP contribution >= 0.6 is 15.9 Å². The highest BCUT2D eigenvalue weighted by molar-refractivity contribution is 9.10. The predicted octanol–water partition coefficient (Wildman–Crippen LogP) is 3.17. The van der Waals surface area contributed by atoms with Crippen molar-refractivity contribution in [1.29, 1.82) is 0 Å². The smallest absolute Gasteiger partial charge is 0.249 e. The minimum atomic E-state index is -4.65. The molecule has 0 saturated carbocycles. The van der Waals surface area contributed by atoms with E-state index < -0.39 is 24.4 Å². The fraction of sp³-hybridized carbons (Fsp3) is 0.286. The van der Waals surface area contributed by atoms with Crippen LogP contribution in [0.3, 0.4) is 0 Å². The van der Waals surface area contributed by atoms with Gasteiger partial charge in [0, 0.05) is 14.3 Å². The van der Waals surface area contributed by atoms with E-state index in [0.29, 0.717) is 0 Å². The van der Waals surface area contributed by atoms with Gasteiger partial charge in [-0.2, -0.15) is 13.2 Å². The maximum Gasteiger partial charge on any atom is 0.433 e. The third kappa shape index (κ3) is 2.20. The minimum Gasteiger partial charge on any atom is -0.249 e. The Morgan fingerprint density at radius 1 is 1.50 bits per heavy atom. The lowest BCUT2D eigenvalue weighted by Crippen LogP contribution is -2.08. The Labute approximate surface area is 80.0 Å². The second-order valence-electron chi connectivity index (χ2n) is 2.05. The number of pyridine rings is 1. The van der Waals surface area contributed by atoms with E-state index in [1.54, 1.807) is 0 Å². The van der Waals surface area contributed by atoms with Gasteiger partial charge >= 0.3 is 6.18 Å². The Hall–Kier alpha value is -0.580. The summed E-state index contributed by atoms with van der Waals surface area (Å²) in [7, 11) is 0. The summed E-state index contributed by atoms with van der Waals surface area (Å²) in [6, 6.07) is 1.78. The summed E-state index contributed by atoms with van der Waals surface area (Å²) in [5.41, 5.74) is -1.80. The fourth-order valence-corrected chi connectivity index (χ4v) is 1.08. The Balaban J connectivity index is 3.30. The molecular weight excluding hydrogens is 235 g/mol. The summed E-state index contributed by atoms with van der Waals surface area (Å²) < 4.78 is 57.7. The lowest BCUT2D eigenvalue weighted by atomic mass is 10.3. The van der Waals surface area contributed by atoms with Gasteiger partial charge in [0.2, 0.25) is 0 Å². The zero-order valence-corrected chi connectivity index (χ0v) is 7.20. The molecule has 0 bridgehead atoms. The van der Waals surface area contributed by atoms with Crippen LogP contribution in [-0.4, -0.2) is 4.98 Å². The maximum atomic E-state index is 12.3. The van der Waals surface area contributed by atoms with Gasteiger partial charge in [-0.15, -0.1) is 0 Å². The molecule has 0 fully saturated rings. The molecule has 0 saturated heterocycles. The molecule has 0 radical (unpaired) electrons. The van der Waals surface area contributed by atoms with Crippen molar-refractivity contribution in [2.45, 2.75) is 13.0 Å². The van der Waals surface area contributed by atoms with E-state index in [2.05, 4.69) is 20.9 Å². The average molecular weight is 243 g/mol. The van der Waals surface area contributed by atoms with Gasteiger partial charge in [-0.05, 0) is 19.0 Å². The van der Waals surface area contributed by atoms with E-state index in [4.69, 9.17) is 4.11 Å². The third-order valence-electron chi connectivity index (χ3n) is 1.08. The average Bonchev–Trinajstić information content (AvgIpc) is 1.99. The fourth-order valence-electron chi connectivity index (χ4n) is 0.642. The van der Waals surface area contributed by atoms with Gasteiger partial charge in [-0.25, -0.2) is 4.98 Å². The lowest BCUT2D eigenvalue weighted by molar-refractivity contribution is -0.141. The largest absolute Gasteiger partial charge is 0.433 e. The lowest BCUT2D eigenvalue weighted by Gasteiger charge is -2.06. The van der Waals surface area contributed by atoms with Gasteiger partial charge in [0.25, 0.3) is 0 Å². The zero-order chi connectivity index (χ0) is 11.9. The molecule has 1 aromatic rings.